The average Bonchev–Trinajstić information content (AvgIpc) is 3.08. The van der Waals surface area contributed by atoms with Gasteiger partial charge in [0.05, 0.1) is 6.54 Å². The molecule has 1 aliphatic rings. The van der Waals surface area contributed by atoms with Crippen molar-refractivity contribution in [3.63, 3.8) is 0 Å². The lowest BCUT2D eigenvalue weighted by Gasteiger charge is -2.27. The van der Waals surface area contributed by atoms with E-state index in [1.807, 2.05) is 43.3 Å². The fraction of sp³-hybridized carbons (Fsp3) is 0.304. The van der Waals surface area contributed by atoms with Gasteiger partial charge >= 0.3 is 6.03 Å². The molecule has 0 unspecified atom stereocenters. The zero-order valence-electron chi connectivity index (χ0n) is 17.4. The van der Waals surface area contributed by atoms with E-state index >= 15 is 0 Å². The number of H-pyrrole nitrogens is 1. The Kier molecular flexibility index (Phi) is 6.15. The number of benzene rings is 2. The highest BCUT2D eigenvalue weighted by molar-refractivity contribution is 6.31. The van der Waals surface area contributed by atoms with E-state index in [9.17, 15) is 9.59 Å². The molecule has 0 atom stereocenters. The summed E-state index contributed by atoms with van der Waals surface area (Å²) < 4.78 is 0. The number of nitrogens with two attached hydrogens (primary N) is 1. The first kappa shape index (κ1) is 21.2. The summed E-state index contributed by atoms with van der Waals surface area (Å²) in [5, 5.41) is 7.69. The number of hydrogen-bond donors (Lipinski definition) is 4. The number of nitrogens with zero attached hydrogens (tertiary/aromatic N) is 1. The third-order valence-electron chi connectivity index (χ3n) is 5.46. The summed E-state index contributed by atoms with van der Waals surface area (Å²) in [6.45, 7) is 3.82. The Bertz CT molecular complexity index is 1140. The monoisotopic (exact) mass is 439 g/mol. The fourth-order valence-corrected chi connectivity index (χ4v) is 4.24. The van der Waals surface area contributed by atoms with E-state index < -0.39 is 0 Å². The first-order chi connectivity index (χ1) is 14.9. The molecule has 3 amide bonds. The van der Waals surface area contributed by atoms with Crippen molar-refractivity contribution in [3.8, 4) is 0 Å². The predicted octanol–water partition coefficient (Wildman–Crippen LogP) is 3.68. The van der Waals surface area contributed by atoms with Crippen molar-refractivity contribution in [2.45, 2.75) is 32.9 Å². The lowest BCUT2D eigenvalue weighted by Crippen LogP contribution is -2.42. The van der Waals surface area contributed by atoms with Gasteiger partial charge in [0.15, 0.2) is 0 Å². The molecule has 0 aliphatic carbocycles. The number of urea groups is 1. The molecular formula is C23H26ClN5O2. The van der Waals surface area contributed by atoms with Crippen molar-refractivity contribution in [2.75, 3.05) is 18.4 Å². The Morgan fingerprint density at radius 3 is 2.87 bits per heavy atom. The van der Waals surface area contributed by atoms with Crippen molar-refractivity contribution in [3.05, 3.63) is 63.8 Å². The number of carbonyl (C=O) groups is 2. The minimum absolute atomic E-state index is 0.113. The van der Waals surface area contributed by atoms with Crippen LogP contribution in [-0.4, -0.2) is 34.9 Å². The highest BCUT2D eigenvalue weighted by atomic mass is 35.5. The van der Waals surface area contributed by atoms with Gasteiger partial charge < -0.3 is 26.3 Å². The van der Waals surface area contributed by atoms with Gasteiger partial charge in [0.25, 0.3) is 0 Å². The van der Waals surface area contributed by atoms with Crippen LogP contribution in [0.15, 0.2) is 36.4 Å². The lowest BCUT2D eigenvalue weighted by molar-refractivity contribution is -0.116. The van der Waals surface area contributed by atoms with Crippen LogP contribution in [0.2, 0.25) is 5.02 Å². The van der Waals surface area contributed by atoms with Crippen molar-refractivity contribution < 1.29 is 9.59 Å². The van der Waals surface area contributed by atoms with Gasteiger partial charge in [-0.15, -0.1) is 0 Å². The van der Waals surface area contributed by atoms with Crippen LogP contribution < -0.4 is 16.4 Å². The normalized spacial score (nSPS) is 13.2. The summed E-state index contributed by atoms with van der Waals surface area (Å²) >= 11 is 6.15. The summed E-state index contributed by atoms with van der Waals surface area (Å²) in [6.07, 6.45) is 1.06. The molecule has 0 bridgehead atoms. The third-order valence-corrected chi connectivity index (χ3v) is 5.70. The Balaban J connectivity index is 1.40. The van der Waals surface area contributed by atoms with Gasteiger partial charge in [0, 0.05) is 53.4 Å². The summed E-state index contributed by atoms with van der Waals surface area (Å²) in [5.74, 6) is -0.119. The summed E-state index contributed by atoms with van der Waals surface area (Å²) in [7, 11) is 0. The second-order valence-electron chi connectivity index (χ2n) is 7.90. The lowest BCUT2D eigenvalue weighted by atomic mass is 10.0. The first-order valence-electron chi connectivity index (χ1n) is 10.3. The molecule has 4 rings (SSSR count). The predicted molar refractivity (Wildman–Crippen MR) is 123 cm³/mol. The van der Waals surface area contributed by atoms with Crippen molar-refractivity contribution in [2.24, 2.45) is 5.73 Å². The van der Waals surface area contributed by atoms with Crippen LogP contribution >= 0.6 is 11.6 Å². The zero-order valence-corrected chi connectivity index (χ0v) is 18.2. The smallest absolute Gasteiger partial charge is 0.318 e. The van der Waals surface area contributed by atoms with Crippen molar-refractivity contribution in [1.29, 1.82) is 0 Å². The van der Waals surface area contributed by atoms with E-state index in [1.165, 1.54) is 5.56 Å². The second-order valence-corrected chi connectivity index (χ2v) is 8.33. The van der Waals surface area contributed by atoms with Crippen LogP contribution in [-0.2, 0) is 24.3 Å². The minimum atomic E-state index is -0.119. The number of aromatic nitrogens is 1. The van der Waals surface area contributed by atoms with E-state index in [-0.39, 0.29) is 18.4 Å². The molecule has 0 spiro atoms. The highest BCUT2D eigenvalue weighted by Gasteiger charge is 2.24. The molecule has 0 radical (unpaired) electrons. The van der Waals surface area contributed by atoms with Gasteiger partial charge in [-0.3, -0.25) is 4.79 Å². The van der Waals surface area contributed by atoms with Gasteiger partial charge in [-0.2, -0.15) is 0 Å². The molecule has 2 heterocycles. The molecule has 1 aliphatic heterocycles. The van der Waals surface area contributed by atoms with E-state index in [1.54, 1.807) is 4.90 Å². The maximum atomic E-state index is 12.8. The highest BCUT2D eigenvalue weighted by Crippen LogP contribution is 2.29. The maximum absolute atomic E-state index is 12.8. The number of amides is 3. The third kappa shape index (κ3) is 4.84. The number of hydrogen-bond acceptors (Lipinski definition) is 3. The summed E-state index contributed by atoms with van der Waals surface area (Å²) in [5.41, 5.74) is 11.4. The number of anilines is 1. The number of rotatable bonds is 5. The maximum Gasteiger partial charge on any atom is 0.318 e. The summed E-state index contributed by atoms with van der Waals surface area (Å²) in [4.78, 5) is 29.8. The minimum Gasteiger partial charge on any atom is -0.357 e. The van der Waals surface area contributed by atoms with Gasteiger partial charge in [-0.25, -0.2) is 4.79 Å². The SMILES string of the molecule is Cc1cc(CNC(=O)N2CCc3c([nH]c4ccc(Cl)cc34)C2)cc(NC(=O)CCN)c1. The molecule has 2 aromatic carbocycles. The Morgan fingerprint density at radius 1 is 1.23 bits per heavy atom. The van der Waals surface area contributed by atoms with Gasteiger partial charge in [0.2, 0.25) is 5.91 Å². The quantitative estimate of drug-likeness (QED) is 0.487. The van der Waals surface area contributed by atoms with E-state index in [2.05, 4.69) is 15.6 Å². The molecule has 1 aromatic heterocycles. The Hall–Kier alpha value is -3.03. The number of halogens is 1. The van der Waals surface area contributed by atoms with Crippen LogP contribution in [0.25, 0.3) is 10.9 Å². The molecule has 31 heavy (non-hydrogen) atoms. The topological polar surface area (TPSA) is 103 Å². The van der Waals surface area contributed by atoms with Crippen LogP contribution in [0.5, 0.6) is 0 Å². The van der Waals surface area contributed by atoms with E-state index in [0.29, 0.717) is 36.9 Å². The Labute approximate surface area is 185 Å². The number of fused-ring (bicyclic) bond motifs is 3. The van der Waals surface area contributed by atoms with Crippen molar-refractivity contribution >= 4 is 40.1 Å². The van der Waals surface area contributed by atoms with Gasteiger partial charge in [-0.05, 0) is 60.4 Å². The molecule has 3 aromatic rings. The second kappa shape index (κ2) is 8.99. The van der Waals surface area contributed by atoms with Crippen LogP contribution in [0.3, 0.4) is 0 Å². The van der Waals surface area contributed by atoms with Gasteiger partial charge in [0.1, 0.15) is 0 Å². The zero-order chi connectivity index (χ0) is 22.0. The molecular weight excluding hydrogens is 414 g/mol. The molecule has 0 saturated heterocycles. The average molecular weight is 440 g/mol. The van der Waals surface area contributed by atoms with E-state index in [4.69, 9.17) is 17.3 Å². The molecule has 5 N–H and O–H groups in total. The molecule has 0 saturated carbocycles. The van der Waals surface area contributed by atoms with Crippen LogP contribution in [0.1, 0.15) is 28.8 Å². The number of nitrogens with one attached hydrogen (secondary N) is 3. The summed E-state index contributed by atoms with van der Waals surface area (Å²) in [6, 6.07) is 11.5. The van der Waals surface area contributed by atoms with Crippen LogP contribution in [0.4, 0.5) is 10.5 Å². The molecule has 0 fully saturated rings. The Morgan fingerprint density at radius 2 is 2.06 bits per heavy atom. The number of aromatic amines is 1. The fourth-order valence-electron chi connectivity index (χ4n) is 4.07. The van der Waals surface area contributed by atoms with Crippen LogP contribution in [0, 0.1) is 6.92 Å². The standard InChI is InChI=1S/C23H26ClN5O2/c1-14-8-15(10-17(9-14)27-22(30)4-6-25)12-26-23(31)29-7-5-18-19-11-16(24)2-3-20(19)28-21(18)13-29/h2-3,8-11,28H,4-7,12-13,25H2,1H3,(H,26,31)(H,27,30). The van der Waals surface area contributed by atoms with E-state index in [0.717, 1.165) is 34.1 Å². The first-order valence-corrected chi connectivity index (χ1v) is 10.7. The molecule has 8 heteroatoms. The van der Waals surface area contributed by atoms with Crippen molar-refractivity contribution in [1.82, 2.24) is 15.2 Å². The van der Waals surface area contributed by atoms with Gasteiger partial charge in [-0.1, -0.05) is 17.7 Å². The molecule has 7 nitrogen and oxygen atoms in total. The largest absolute Gasteiger partial charge is 0.357 e. The number of carbonyl (C=O) groups excluding carboxylic acids is 2. The number of aryl methyl sites for hydroxylation is 1. The molecule has 162 valence electrons.